The lowest BCUT2D eigenvalue weighted by Gasteiger charge is -2.16. The van der Waals surface area contributed by atoms with E-state index in [0.717, 1.165) is 44.3 Å². The number of anilines is 2. The average Bonchev–Trinajstić information content (AvgIpc) is 2.67. The van der Waals surface area contributed by atoms with Crippen LogP contribution in [-0.2, 0) is 0 Å². The first kappa shape index (κ1) is 16.1. The second-order valence-electron chi connectivity index (χ2n) is 6.46. The first-order chi connectivity index (χ1) is 12.6. The first-order valence-corrected chi connectivity index (χ1v) is 8.53. The smallest absolute Gasteiger partial charge is 0.0936 e. The van der Waals surface area contributed by atoms with Gasteiger partial charge in [0.1, 0.15) is 0 Å². The average molecular weight is 340 g/mol. The van der Waals surface area contributed by atoms with Crippen LogP contribution in [-0.4, -0.2) is 14.1 Å². The Morgan fingerprint density at radius 3 is 1.73 bits per heavy atom. The van der Waals surface area contributed by atoms with Crippen LogP contribution in [0, 0.1) is 0 Å². The molecule has 128 valence electrons. The predicted octanol–water partition coefficient (Wildman–Crippen LogP) is 6.06. The van der Waals surface area contributed by atoms with E-state index in [2.05, 4.69) is 33.3 Å². The number of benzene rings is 4. The predicted molar refractivity (Wildman–Crippen MR) is 111 cm³/mol. The van der Waals surface area contributed by atoms with Gasteiger partial charge in [-0.2, -0.15) is 0 Å². The minimum Gasteiger partial charge on any atom is -0.398 e. The second-order valence-corrected chi connectivity index (χ2v) is 6.46. The van der Waals surface area contributed by atoms with Crippen molar-refractivity contribution in [1.29, 1.82) is 0 Å². The molecule has 4 rings (SSSR count). The van der Waals surface area contributed by atoms with Crippen LogP contribution in [0.25, 0.3) is 21.5 Å². The zero-order valence-electron chi connectivity index (χ0n) is 14.8. The molecule has 4 aromatic rings. The number of nitrogens with two attached hydrogens (primary N) is 1. The van der Waals surface area contributed by atoms with Crippen LogP contribution in [0.15, 0.2) is 83.0 Å². The van der Waals surface area contributed by atoms with Crippen molar-refractivity contribution >= 4 is 44.3 Å². The van der Waals surface area contributed by atoms with E-state index in [9.17, 15) is 0 Å². The van der Waals surface area contributed by atoms with Gasteiger partial charge in [-0.3, -0.25) is 0 Å². The number of fused-ring (bicyclic) bond motifs is 2. The molecule has 0 heterocycles. The fourth-order valence-electron chi connectivity index (χ4n) is 3.25. The standard InChI is InChI=1S/C22H20N4/c1-26(2)22-14-13-21(17-9-5-6-10-18(17)22)25-24-20-12-11-19(23)15-7-3-4-8-16(15)20/h3-14H,23H2,1-2H3/b25-24+. The van der Waals surface area contributed by atoms with E-state index in [4.69, 9.17) is 5.73 Å². The summed E-state index contributed by atoms with van der Waals surface area (Å²) in [6.07, 6.45) is 0. The molecule has 0 aliphatic rings. The number of rotatable bonds is 3. The molecule has 0 saturated carbocycles. The molecule has 0 fully saturated rings. The molecule has 0 unspecified atom stereocenters. The highest BCUT2D eigenvalue weighted by Gasteiger charge is 2.07. The van der Waals surface area contributed by atoms with Crippen LogP contribution in [0.3, 0.4) is 0 Å². The van der Waals surface area contributed by atoms with Crippen molar-refractivity contribution in [3.05, 3.63) is 72.8 Å². The summed E-state index contributed by atoms with van der Waals surface area (Å²) in [4.78, 5) is 2.11. The van der Waals surface area contributed by atoms with Crippen molar-refractivity contribution in [1.82, 2.24) is 0 Å². The van der Waals surface area contributed by atoms with Crippen molar-refractivity contribution in [3.63, 3.8) is 0 Å². The van der Waals surface area contributed by atoms with E-state index >= 15 is 0 Å². The summed E-state index contributed by atoms with van der Waals surface area (Å²) in [5, 5.41) is 13.3. The maximum atomic E-state index is 6.07. The van der Waals surface area contributed by atoms with Crippen LogP contribution in [0.2, 0.25) is 0 Å². The minimum atomic E-state index is 0.750. The minimum absolute atomic E-state index is 0.750. The maximum absolute atomic E-state index is 6.07. The Hall–Kier alpha value is -3.40. The number of hydrogen-bond acceptors (Lipinski definition) is 4. The lowest BCUT2D eigenvalue weighted by atomic mass is 10.1. The summed E-state index contributed by atoms with van der Waals surface area (Å²) in [6, 6.07) is 24.1. The quantitative estimate of drug-likeness (QED) is 0.364. The number of nitrogens with zero attached hydrogens (tertiary/aromatic N) is 3. The Labute approximate surface area is 152 Å². The maximum Gasteiger partial charge on any atom is 0.0936 e. The van der Waals surface area contributed by atoms with Crippen LogP contribution in [0.1, 0.15) is 0 Å². The van der Waals surface area contributed by atoms with Crippen LogP contribution < -0.4 is 10.6 Å². The van der Waals surface area contributed by atoms with Crippen molar-refractivity contribution in [2.24, 2.45) is 10.2 Å². The Morgan fingerprint density at radius 1 is 0.615 bits per heavy atom. The van der Waals surface area contributed by atoms with Crippen LogP contribution in [0.4, 0.5) is 22.7 Å². The monoisotopic (exact) mass is 340 g/mol. The molecule has 0 amide bonds. The fraction of sp³-hybridized carbons (Fsp3) is 0.0909. The van der Waals surface area contributed by atoms with Gasteiger partial charge in [-0.25, -0.2) is 0 Å². The lowest BCUT2D eigenvalue weighted by molar-refractivity contribution is 1.14. The molecule has 2 N–H and O–H groups in total. The Bertz CT molecular complexity index is 1130. The molecule has 0 bridgehead atoms. The van der Waals surface area contributed by atoms with E-state index in [1.165, 1.54) is 0 Å². The summed E-state index contributed by atoms with van der Waals surface area (Å²) < 4.78 is 0. The molecule has 4 heteroatoms. The van der Waals surface area contributed by atoms with Gasteiger partial charge in [0.2, 0.25) is 0 Å². The molecule has 0 saturated heterocycles. The normalized spacial score (nSPS) is 11.5. The van der Waals surface area contributed by atoms with Gasteiger partial charge < -0.3 is 10.6 Å². The summed E-state index contributed by atoms with van der Waals surface area (Å²) in [6.45, 7) is 0. The molecule has 26 heavy (non-hydrogen) atoms. The third-order valence-corrected chi connectivity index (χ3v) is 4.56. The zero-order valence-corrected chi connectivity index (χ0v) is 14.8. The van der Waals surface area contributed by atoms with Gasteiger partial charge in [-0.15, -0.1) is 10.2 Å². The van der Waals surface area contributed by atoms with Gasteiger partial charge in [-0.05, 0) is 24.3 Å². The highest BCUT2D eigenvalue weighted by molar-refractivity contribution is 6.02. The molecule has 0 atom stereocenters. The molecule has 0 aromatic heterocycles. The molecule has 4 nitrogen and oxygen atoms in total. The summed E-state index contributed by atoms with van der Waals surface area (Å²) >= 11 is 0. The zero-order chi connectivity index (χ0) is 18.1. The van der Waals surface area contributed by atoms with Gasteiger partial charge >= 0.3 is 0 Å². The second kappa shape index (κ2) is 6.48. The third-order valence-electron chi connectivity index (χ3n) is 4.56. The van der Waals surface area contributed by atoms with Gasteiger partial charge in [0.25, 0.3) is 0 Å². The Balaban J connectivity index is 1.84. The van der Waals surface area contributed by atoms with Gasteiger partial charge in [-0.1, -0.05) is 48.5 Å². The van der Waals surface area contributed by atoms with Gasteiger partial charge in [0.15, 0.2) is 0 Å². The molecule has 0 spiro atoms. The molecule has 0 aliphatic heterocycles. The van der Waals surface area contributed by atoms with Crippen LogP contribution >= 0.6 is 0 Å². The van der Waals surface area contributed by atoms with Crippen molar-refractivity contribution in [2.45, 2.75) is 0 Å². The number of nitrogen functional groups attached to an aromatic ring is 1. The summed E-state index contributed by atoms with van der Waals surface area (Å²) in [5.74, 6) is 0. The number of azo groups is 1. The van der Waals surface area contributed by atoms with E-state index < -0.39 is 0 Å². The van der Waals surface area contributed by atoms with Crippen LogP contribution in [0.5, 0.6) is 0 Å². The third kappa shape index (κ3) is 2.75. The molecule has 4 aromatic carbocycles. The van der Waals surface area contributed by atoms with Gasteiger partial charge in [0.05, 0.1) is 11.4 Å². The highest BCUT2D eigenvalue weighted by atomic mass is 15.1. The van der Waals surface area contributed by atoms with Crippen molar-refractivity contribution in [2.75, 3.05) is 24.7 Å². The van der Waals surface area contributed by atoms with E-state index in [1.807, 2.05) is 68.7 Å². The van der Waals surface area contributed by atoms with Gasteiger partial charge in [0, 0.05) is 47.0 Å². The topological polar surface area (TPSA) is 54.0 Å². The number of hydrogen-bond donors (Lipinski definition) is 1. The largest absolute Gasteiger partial charge is 0.398 e. The highest BCUT2D eigenvalue weighted by Crippen LogP contribution is 2.35. The molecule has 0 radical (unpaired) electrons. The van der Waals surface area contributed by atoms with Crippen molar-refractivity contribution < 1.29 is 0 Å². The van der Waals surface area contributed by atoms with E-state index in [-0.39, 0.29) is 0 Å². The van der Waals surface area contributed by atoms with E-state index in [0.29, 0.717) is 0 Å². The van der Waals surface area contributed by atoms with E-state index in [1.54, 1.807) is 0 Å². The Morgan fingerprint density at radius 2 is 1.12 bits per heavy atom. The first-order valence-electron chi connectivity index (χ1n) is 8.53. The molecule has 0 aliphatic carbocycles. The Kier molecular flexibility index (Phi) is 4.01. The molecular formula is C22H20N4. The molecular weight excluding hydrogens is 320 g/mol. The lowest BCUT2D eigenvalue weighted by Crippen LogP contribution is -2.08. The SMILES string of the molecule is CN(C)c1ccc(/N=N/c2ccc(N)c3ccccc23)c2ccccc12. The van der Waals surface area contributed by atoms with Crippen molar-refractivity contribution in [3.8, 4) is 0 Å². The fourth-order valence-corrected chi connectivity index (χ4v) is 3.25. The summed E-state index contributed by atoms with van der Waals surface area (Å²) in [7, 11) is 4.09. The summed E-state index contributed by atoms with van der Waals surface area (Å²) in [5.41, 5.74) is 9.66.